The van der Waals surface area contributed by atoms with Crippen molar-refractivity contribution < 1.29 is 23.4 Å². The molecule has 1 unspecified atom stereocenters. The predicted octanol–water partition coefficient (Wildman–Crippen LogP) is 3.87. The Hall–Kier alpha value is -4.60. The summed E-state index contributed by atoms with van der Waals surface area (Å²) >= 11 is 0. The van der Waals surface area contributed by atoms with Crippen LogP contribution in [0, 0.1) is 17.1 Å². The highest BCUT2D eigenvalue weighted by Gasteiger charge is 2.29. The minimum absolute atomic E-state index is 0.00273. The van der Waals surface area contributed by atoms with Crippen LogP contribution in [0.3, 0.4) is 0 Å². The van der Waals surface area contributed by atoms with Gasteiger partial charge in [0, 0.05) is 44.4 Å². The molecule has 0 radical (unpaired) electrons. The van der Waals surface area contributed by atoms with E-state index in [1.54, 1.807) is 24.3 Å². The molecule has 0 spiro atoms. The van der Waals surface area contributed by atoms with E-state index >= 15 is 0 Å². The minimum Gasteiger partial charge on any atom is -0.473 e. The lowest BCUT2D eigenvalue weighted by molar-refractivity contribution is -0.0594. The molecular weight excluding hydrogens is 553 g/mol. The molecule has 3 aromatic heterocycles. The average Bonchev–Trinajstić information content (AvgIpc) is 3.39. The molecule has 0 N–H and O–H groups in total. The second kappa shape index (κ2) is 12.3. The Balaban J connectivity index is 1.13. The number of hydrogen-bond acceptors (Lipinski definition) is 10. The molecule has 2 saturated heterocycles. The number of esters is 1. The number of piperazine rings is 1. The topological polar surface area (TPSA) is 119 Å². The number of methoxy groups -OCH3 is 1. The lowest BCUT2D eigenvalue weighted by Crippen LogP contribution is -2.48. The Morgan fingerprint density at radius 3 is 2.65 bits per heavy atom. The first-order valence-electron chi connectivity index (χ1n) is 14.3. The summed E-state index contributed by atoms with van der Waals surface area (Å²) in [6.07, 6.45) is 1.07. The van der Waals surface area contributed by atoms with Gasteiger partial charge in [-0.15, -0.1) is 0 Å². The molecule has 12 heteroatoms. The molecule has 0 aliphatic carbocycles. The highest BCUT2D eigenvalue weighted by Crippen LogP contribution is 2.28. The number of hydrogen-bond donors (Lipinski definition) is 0. The summed E-state index contributed by atoms with van der Waals surface area (Å²) in [5.74, 6) is 1.12. The van der Waals surface area contributed by atoms with Gasteiger partial charge in [0.05, 0.1) is 37.4 Å². The number of imidazole rings is 1. The van der Waals surface area contributed by atoms with Crippen LogP contribution in [0.5, 0.6) is 5.88 Å². The number of carbonyl (C=O) groups excluding carboxylic acids is 1. The quantitative estimate of drug-likeness (QED) is 0.268. The molecule has 2 aliphatic rings. The first-order valence-corrected chi connectivity index (χ1v) is 14.3. The Morgan fingerprint density at radius 2 is 1.95 bits per heavy atom. The molecule has 2 aliphatic heterocycles. The van der Waals surface area contributed by atoms with Crippen molar-refractivity contribution in [2.45, 2.75) is 38.6 Å². The van der Waals surface area contributed by atoms with Crippen LogP contribution in [0.15, 0.2) is 48.5 Å². The second-order valence-electron chi connectivity index (χ2n) is 10.6. The van der Waals surface area contributed by atoms with Crippen LogP contribution < -0.4 is 9.64 Å². The van der Waals surface area contributed by atoms with Crippen LogP contribution in [0.1, 0.15) is 46.8 Å². The number of nitriles is 1. The fourth-order valence-electron chi connectivity index (χ4n) is 5.42. The van der Waals surface area contributed by atoms with Crippen LogP contribution >= 0.6 is 0 Å². The standard InChI is InChI=1S/C31H32FN7O4/c1-20(29-34-25-8-9-26(31(40)41-2)35-30(25)39(29)18-23-10-15-42-23)37-11-13-38(14-12-37)27-4-3-5-28(36-27)43-19-22-7-6-21(17-33)16-24(22)32/h3-9,16,20,23H,10-15,18-19H2,1-2H3/t20?,23-/m0/s1. The molecular formula is C31H32FN7O4. The van der Waals surface area contributed by atoms with Gasteiger partial charge in [0.15, 0.2) is 11.3 Å². The average molecular weight is 586 g/mol. The first-order chi connectivity index (χ1) is 20.9. The van der Waals surface area contributed by atoms with E-state index in [1.165, 1.54) is 13.2 Å². The van der Waals surface area contributed by atoms with Crippen molar-refractivity contribution in [2.75, 3.05) is 44.8 Å². The van der Waals surface area contributed by atoms with E-state index in [4.69, 9.17) is 24.5 Å². The summed E-state index contributed by atoms with van der Waals surface area (Å²) in [6, 6.07) is 15.3. The number of halogens is 1. The third-order valence-corrected chi connectivity index (χ3v) is 8.02. The van der Waals surface area contributed by atoms with Gasteiger partial charge in [-0.3, -0.25) is 4.90 Å². The summed E-state index contributed by atoms with van der Waals surface area (Å²) < 4.78 is 32.7. The van der Waals surface area contributed by atoms with E-state index in [2.05, 4.69) is 31.3 Å². The lowest BCUT2D eigenvalue weighted by atomic mass is 10.1. The number of pyridine rings is 2. The van der Waals surface area contributed by atoms with Crippen molar-refractivity contribution in [3.63, 3.8) is 0 Å². The van der Waals surface area contributed by atoms with Gasteiger partial charge in [-0.05, 0) is 43.7 Å². The molecule has 1 aromatic carbocycles. The molecule has 43 heavy (non-hydrogen) atoms. The predicted molar refractivity (Wildman–Crippen MR) is 155 cm³/mol. The van der Waals surface area contributed by atoms with Crippen LogP contribution in [0.25, 0.3) is 11.2 Å². The Morgan fingerprint density at radius 1 is 1.14 bits per heavy atom. The van der Waals surface area contributed by atoms with Crippen molar-refractivity contribution in [3.05, 3.63) is 77.0 Å². The normalized spacial score (nSPS) is 17.7. The Kier molecular flexibility index (Phi) is 8.18. The lowest BCUT2D eigenvalue weighted by Gasteiger charge is -2.38. The van der Waals surface area contributed by atoms with E-state index in [0.717, 1.165) is 56.4 Å². The van der Waals surface area contributed by atoms with Gasteiger partial charge in [0.25, 0.3) is 0 Å². The van der Waals surface area contributed by atoms with Crippen LogP contribution in [-0.2, 0) is 22.6 Å². The molecule has 6 rings (SSSR count). The number of nitrogens with zero attached hydrogens (tertiary/aromatic N) is 7. The maximum absolute atomic E-state index is 14.3. The van der Waals surface area contributed by atoms with Gasteiger partial charge in [-0.2, -0.15) is 10.2 Å². The zero-order valence-corrected chi connectivity index (χ0v) is 24.1. The third-order valence-electron chi connectivity index (χ3n) is 8.02. The molecule has 2 fully saturated rings. The van der Waals surface area contributed by atoms with Gasteiger partial charge >= 0.3 is 5.97 Å². The van der Waals surface area contributed by atoms with E-state index in [1.807, 2.05) is 24.3 Å². The number of ether oxygens (including phenoxy) is 3. The van der Waals surface area contributed by atoms with Crippen molar-refractivity contribution in [3.8, 4) is 11.9 Å². The number of carbonyl (C=O) groups is 1. The fourth-order valence-corrected chi connectivity index (χ4v) is 5.42. The molecule has 0 amide bonds. The van der Waals surface area contributed by atoms with E-state index in [9.17, 15) is 9.18 Å². The molecule has 0 bridgehead atoms. The van der Waals surface area contributed by atoms with Gasteiger partial charge in [-0.1, -0.05) is 12.1 Å². The Bertz CT molecular complexity index is 1670. The van der Waals surface area contributed by atoms with Crippen LogP contribution in [0.2, 0.25) is 0 Å². The molecule has 0 saturated carbocycles. The minimum atomic E-state index is -0.482. The monoisotopic (exact) mass is 585 g/mol. The van der Waals surface area contributed by atoms with Gasteiger partial charge in [-0.25, -0.2) is 19.2 Å². The number of fused-ring (bicyclic) bond motifs is 1. The van der Waals surface area contributed by atoms with E-state index in [0.29, 0.717) is 23.6 Å². The number of benzene rings is 1. The summed E-state index contributed by atoms with van der Waals surface area (Å²) in [6.45, 7) is 6.61. The van der Waals surface area contributed by atoms with Crippen LogP contribution in [0.4, 0.5) is 10.2 Å². The highest BCUT2D eigenvalue weighted by molar-refractivity contribution is 5.89. The summed E-state index contributed by atoms with van der Waals surface area (Å²) in [7, 11) is 1.35. The van der Waals surface area contributed by atoms with Gasteiger partial charge in [0.2, 0.25) is 5.88 Å². The third kappa shape index (κ3) is 6.00. The maximum Gasteiger partial charge on any atom is 0.356 e. The van der Waals surface area contributed by atoms with Crippen molar-refractivity contribution >= 4 is 23.0 Å². The van der Waals surface area contributed by atoms with Gasteiger partial charge < -0.3 is 23.7 Å². The molecule has 11 nitrogen and oxygen atoms in total. The molecule has 2 atom stereocenters. The number of aromatic nitrogens is 4. The van der Waals surface area contributed by atoms with Crippen LogP contribution in [-0.4, -0.2) is 76.4 Å². The number of rotatable bonds is 9. The first kappa shape index (κ1) is 28.5. The highest BCUT2D eigenvalue weighted by atomic mass is 19.1. The summed E-state index contributed by atoms with van der Waals surface area (Å²) in [4.78, 5) is 30.9. The molecule has 5 heterocycles. The zero-order chi connectivity index (χ0) is 29.9. The largest absolute Gasteiger partial charge is 0.473 e. The van der Waals surface area contributed by atoms with E-state index < -0.39 is 11.8 Å². The molecule has 4 aromatic rings. The fraction of sp³-hybridized carbons (Fsp3) is 0.387. The summed E-state index contributed by atoms with van der Waals surface area (Å²) in [5.41, 5.74) is 2.26. The van der Waals surface area contributed by atoms with Crippen molar-refractivity contribution in [1.29, 1.82) is 5.26 Å². The van der Waals surface area contributed by atoms with E-state index in [-0.39, 0.29) is 30.0 Å². The van der Waals surface area contributed by atoms with Gasteiger partial charge in [0.1, 0.15) is 29.6 Å². The maximum atomic E-state index is 14.3. The van der Waals surface area contributed by atoms with Crippen molar-refractivity contribution in [2.24, 2.45) is 0 Å². The number of anilines is 1. The smallest absolute Gasteiger partial charge is 0.356 e. The molecule has 222 valence electrons. The SMILES string of the molecule is COC(=O)c1ccc2nc(C(C)N3CCN(c4cccc(OCc5ccc(C#N)cc5F)n4)CC3)n(C[C@@H]3CCO3)c2n1. The summed E-state index contributed by atoms with van der Waals surface area (Å²) in [5, 5.41) is 8.95. The zero-order valence-electron chi connectivity index (χ0n) is 24.1. The van der Waals surface area contributed by atoms with Crippen molar-refractivity contribution in [1.82, 2.24) is 24.4 Å². The Labute approximate surface area is 248 Å². The second-order valence-corrected chi connectivity index (χ2v) is 10.6.